The van der Waals surface area contributed by atoms with Gasteiger partial charge in [-0.3, -0.25) is 0 Å². The van der Waals surface area contributed by atoms with E-state index in [0.717, 1.165) is 48.5 Å². The molecule has 1 aliphatic rings. The summed E-state index contributed by atoms with van der Waals surface area (Å²) in [6, 6.07) is 16.3. The Hall–Kier alpha value is -2.82. The Morgan fingerprint density at radius 3 is 2.81 bits per heavy atom. The number of nitrogens with zero attached hydrogens (tertiary/aromatic N) is 2. The highest BCUT2D eigenvalue weighted by Crippen LogP contribution is 2.27. The first kappa shape index (κ1) is 17.6. The fourth-order valence-electron chi connectivity index (χ4n) is 3.74. The normalized spacial score (nSPS) is 17.4. The predicted molar refractivity (Wildman–Crippen MR) is 109 cm³/mol. The second-order valence-electron chi connectivity index (χ2n) is 7.63. The summed E-state index contributed by atoms with van der Waals surface area (Å²) in [5.74, 6) is 1.73. The molecule has 1 saturated heterocycles. The molecule has 1 atom stereocenters. The maximum atomic E-state index is 12.8. The smallest absolute Gasteiger partial charge is 0.321 e. The number of imidazole rings is 1. The van der Waals surface area contributed by atoms with E-state index in [1.54, 1.807) is 0 Å². The number of nitrogens with one attached hydrogen (secondary N) is 2. The van der Waals surface area contributed by atoms with E-state index in [9.17, 15) is 4.79 Å². The van der Waals surface area contributed by atoms with Crippen LogP contribution in [-0.4, -0.2) is 34.0 Å². The summed E-state index contributed by atoms with van der Waals surface area (Å²) in [5.41, 5.74) is 4.00. The minimum atomic E-state index is -0.0291. The summed E-state index contributed by atoms with van der Waals surface area (Å²) in [6.45, 7) is 5.79. The van der Waals surface area contributed by atoms with Crippen LogP contribution in [0.25, 0.3) is 11.0 Å². The van der Waals surface area contributed by atoms with Crippen LogP contribution < -0.4 is 5.32 Å². The lowest BCUT2D eigenvalue weighted by Gasteiger charge is -2.33. The zero-order chi connectivity index (χ0) is 18.8. The number of hydrogen-bond donors (Lipinski definition) is 2. The van der Waals surface area contributed by atoms with Crippen LogP contribution >= 0.6 is 0 Å². The molecular weight excluding hydrogens is 336 g/mol. The second-order valence-corrected chi connectivity index (χ2v) is 7.63. The highest BCUT2D eigenvalue weighted by molar-refractivity contribution is 5.92. The van der Waals surface area contributed by atoms with Crippen molar-refractivity contribution in [3.8, 4) is 0 Å². The van der Waals surface area contributed by atoms with Crippen LogP contribution in [0.1, 0.15) is 49.9 Å². The van der Waals surface area contributed by atoms with Gasteiger partial charge in [0.15, 0.2) is 0 Å². The molecule has 0 aliphatic carbocycles. The van der Waals surface area contributed by atoms with E-state index >= 15 is 0 Å². The molecule has 3 aromatic rings. The SMILES string of the molecule is CC(C)c1nc2ccc(NC(=O)N3CCC[C@@H](c4ccccc4)C3)cc2[nH]1. The lowest BCUT2D eigenvalue weighted by atomic mass is 9.91. The number of aromatic amines is 1. The molecule has 2 aromatic carbocycles. The molecule has 5 nitrogen and oxygen atoms in total. The van der Waals surface area contributed by atoms with Gasteiger partial charge in [-0.1, -0.05) is 44.2 Å². The molecule has 1 aromatic heterocycles. The molecule has 140 valence electrons. The fraction of sp³-hybridized carbons (Fsp3) is 0.364. The average molecular weight is 362 g/mol. The third kappa shape index (κ3) is 3.82. The van der Waals surface area contributed by atoms with Crippen LogP contribution in [0.4, 0.5) is 10.5 Å². The number of hydrogen-bond acceptors (Lipinski definition) is 2. The molecule has 5 heteroatoms. The first-order valence-electron chi connectivity index (χ1n) is 9.70. The summed E-state index contributed by atoms with van der Waals surface area (Å²) in [5, 5.41) is 3.05. The number of benzene rings is 2. The van der Waals surface area contributed by atoms with Gasteiger partial charge in [0.2, 0.25) is 0 Å². The first-order valence-corrected chi connectivity index (χ1v) is 9.70. The van der Waals surface area contributed by atoms with E-state index < -0.39 is 0 Å². The maximum Gasteiger partial charge on any atom is 0.321 e. The highest BCUT2D eigenvalue weighted by atomic mass is 16.2. The molecule has 4 rings (SSSR count). The number of likely N-dealkylation sites (tertiary alicyclic amines) is 1. The van der Waals surface area contributed by atoms with E-state index in [4.69, 9.17) is 0 Å². The number of H-pyrrole nitrogens is 1. The number of anilines is 1. The van der Waals surface area contributed by atoms with Gasteiger partial charge >= 0.3 is 6.03 Å². The summed E-state index contributed by atoms with van der Waals surface area (Å²) >= 11 is 0. The van der Waals surface area contributed by atoms with Gasteiger partial charge in [0.25, 0.3) is 0 Å². The van der Waals surface area contributed by atoms with Crippen molar-refractivity contribution in [1.29, 1.82) is 0 Å². The summed E-state index contributed by atoms with van der Waals surface area (Å²) in [6.07, 6.45) is 2.16. The monoisotopic (exact) mass is 362 g/mol. The maximum absolute atomic E-state index is 12.8. The van der Waals surface area contributed by atoms with E-state index in [0.29, 0.717) is 11.8 Å². The molecule has 0 bridgehead atoms. The van der Waals surface area contributed by atoms with Crippen molar-refractivity contribution in [1.82, 2.24) is 14.9 Å². The van der Waals surface area contributed by atoms with Gasteiger partial charge in [-0.05, 0) is 36.6 Å². The summed E-state index contributed by atoms with van der Waals surface area (Å²) < 4.78 is 0. The van der Waals surface area contributed by atoms with Crippen LogP contribution in [0.15, 0.2) is 48.5 Å². The van der Waals surface area contributed by atoms with Crippen molar-refractivity contribution in [2.75, 3.05) is 18.4 Å². The van der Waals surface area contributed by atoms with E-state index in [2.05, 4.69) is 53.4 Å². The van der Waals surface area contributed by atoms with Crippen molar-refractivity contribution in [2.45, 2.75) is 38.5 Å². The summed E-state index contributed by atoms with van der Waals surface area (Å²) in [4.78, 5) is 22.6. The zero-order valence-corrected chi connectivity index (χ0v) is 15.9. The number of aromatic nitrogens is 2. The fourth-order valence-corrected chi connectivity index (χ4v) is 3.74. The third-order valence-electron chi connectivity index (χ3n) is 5.28. The molecule has 2 amide bonds. The van der Waals surface area contributed by atoms with Gasteiger partial charge in [0, 0.05) is 30.6 Å². The Bertz CT molecular complexity index is 932. The van der Waals surface area contributed by atoms with Gasteiger partial charge in [-0.15, -0.1) is 0 Å². The van der Waals surface area contributed by atoms with Crippen molar-refractivity contribution in [3.05, 3.63) is 59.9 Å². The molecule has 0 saturated carbocycles. The zero-order valence-electron chi connectivity index (χ0n) is 15.9. The first-order chi connectivity index (χ1) is 13.1. The van der Waals surface area contributed by atoms with Crippen LogP contribution in [-0.2, 0) is 0 Å². The molecule has 2 heterocycles. The van der Waals surface area contributed by atoms with Crippen molar-refractivity contribution >= 4 is 22.8 Å². The topological polar surface area (TPSA) is 61.0 Å². The predicted octanol–water partition coefficient (Wildman–Crippen LogP) is 5.10. The third-order valence-corrected chi connectivity index (χ3v) is 5.28. The Balaban J connectivity index is 1.46. The number of amides is 2. The Morgan fingerprint density at radius 2 is 2.04 bits per heavy atom. The van der Waals surface area contributed by atoms with Gasteiger partial charge in [0.1, 0.15) is 5.82 Å². The van der Waals surface area contributed by atoms with Gasteiger partial charge in [-0.2, -0.15) is 0 Å². The molecular formula is C22H26N4O. The quantitative estimate of drug-likeness (QED) is 0.681. The minimum Gasteiger partial charge on any atom is -0.342 e. The Kier molecular flexibility index (Phi) is 4.84. The van der Waals surface area contributed by atoms with Gasteiger partial charge in [-0.25, -0.2) is 9.78 Å². The van der Waals surface area contributed by atoms with E-state index in [1.165, 1.54) is 5.56 Å². The highest BCUT2D eigenvalue weighted by Gasteiger charge is 2.24. The van der Waals surface area contributed by atoms with Gasteiger partial charge in [0.05, 0.1) is 11.0 Å². The number of carbonyl (C=O) groups excluding carboxylic acids is 1. The number of fused-ring (bicyclic) bond motifs is 1. The minimum absolute atomic E-state index is 0.0291. The van der Waals surface area contributed by atoms with Crippen LogP contribution in [0.2, 0.25) is 0 Å². The van der Waals surface area contributed by atoms with Crippen molar-refractivity contribution in [2.24, 2.45) is 0 Å². The van der Waals surface area contributed by atoms with Crippen molar-refractivity contribution < 1.29 is 4.79 Å². The lowest BCUT2D eigenvalue weighted by molar-refractivity contribution is 0.193. The van der Waals surface area contributed by atoms with E-state index in [-0.39, 0.29) is 6.03 Å². The number of carbonyl (C=O) groups is 1. The average Bonchev–Trinajstić information content (AvgIpc) is 3.12. The summed E-state index contributed by atoms with van der Waals surface area (Å²) in [7, 11) is 0. The van der Waals surface area contributed by atoms with Crippen LogP contribution in [0.3, 0.4) is 0 Å². The van der Waals surface area contributed by atoms with Crippen molar-refractivity contribution in [3.63, 3.8) is 0 Å². The molecule has 1 fully saturated rings. The lowest BCUT2D eigenvalue weighted by Crippen LogP contribution is -2.41. The molecule has 0 radical (unpaired) electrons. The number of rotatable bonds is 3. The Morgan fingerprint density at radius 1 is 1.22 bits per heavy atom. The van der Waals surface area contributed by atoms with Crippen LogP contribution in [0, 0.1) is 0 Å². The van der Waals surface area contributed by atoms with E-state index in [1.807, 2.05) is 29.2 Å². The second kappa shape index (κ2) is 7.43. The van der Waals surface area contributed by atoms with Crippen LogP contribution in [0.5, 0.6) is 0 Å². The van der Waals surface area contributed by atoms with Gasteiger partial charge < -0.3 is 15.2 Å². The number of piperidine rings is 1. The molecule has 0 unspecified atom stereocenters. The molecule has 1 aliphatic heterocycles. The largest absolute Gasteiger partial charge is 0.342 e. The standard InChI is InChI=1S/C22H26N4O/c1-15(2)21-24-19-11-10-18(13-20(19)25-21)23-22(27)26-12-6-9-17(14-26)16-7-4-3-5-8-16/h3-5,7-8,10-11,13,15,17H,6,9,12,14H2,1-2H3,(H,23,27)(H,24,25)/t17-/m1/s1. The molecule has 0 spiro atoms. The Labute approximate surface area is 159 Å². The number of urea groups is 1. The molecule has 27 heavy (non-hydrogen) atoms. The molecule has 2 N–H and O–H groups in total.